The maximum absolute atomic E-state index is 13.5. The number of allylic oxidation sites excluding steroid dienone is 1. The lowest BCUT2D eigenvalue weighted by Crippen LogP contribution is -2.47. The Hall–Kier alpha value is -4.31. The predicted octanol–water partition coefficient (Wildman–Crippen LogP) is 2.93. The number of fused-ring (bicyclic) bond motifs is 2. The first-order valence-electron chi connectivity index (χ1n) is 11.6. The lowest BCUT2D eigenvalue weighted by molar-refractivity contribution is 0.0658. The van der Waals surface area contributed by atoms with Crippen LogP contribution in [0.4, 0.5) is 10.5 Å². The number of carbonyl (C=O) groups is 3. The molecule has 36 heavy (non-hydrogen) atoms. The van der Waals surface area contributed by atoms with Gasteiger partial charge in [-0.15, -0.1) is 0 Å². The van der Waals surface area contributed by atoms with Crippen molar-refractivity contribution < 1.29 is 23.9 Å². The van der Waals surface area contributed by atoms with E-state index in [4.69, 9.17) is 9.47 Å². The van der Waals surface area contributed by atoms with E-state index in [1.807, 2.05) is 30.1 Å². The smallest absolute Gasteiger partial charge is 0.318 e. The van der Waals surface area contributed by atoms with Crippen LogP contribution >= 0.6 is 0 Å². The SMILES string of the molecule is CNC(=O)Nc1ccc2c(c1)C(=O)C(=Cc1c(C(=O)N3CCN(C)CC3)[nH]c3ccc(OC)cc13)O2. The third-order valence-electron chi connectivity index (χ3n) is 6.48. The summed E-state index contributed by atoms with van der Waals surface area (Å²) in [6.45, 7) is 2.82. The Morgan fingerprint density at radius 2 is 1.89 bits per heavy atom. The van der Waals surface area contributed by atoms with Crippen molar-refractivity contribution in [3.05, 3.63) is 59.0 Å². The van der Waals surface area contributed by atoms with Crippen molar-refractivity contribution in [1.82, 2.24) is 20.1 Å². The number of hydrogen-bond donors (Lipinski definition) is 3. The fraction of sp³-hybridized carbons (Fsp3) is 0.269. The number of nitrogens with one attached hydrogen (secondary N) is 3. The van der Waals surface area contributed by atoms with E-state index in [1.54, 1.807) is 31.4 Å². The van der Waals surface area contributed by atoms with Gasteiger partial charge in [-0.05, 0) is 49.5 Å². The van der Waals surface area contributed by atoms with Gasteiger partial charge in [0.05, 0.1) is 12.7 Å². The number of aromatic amines is 1. The number of benzene rings is 2. The van der Waals surface area contributed by atoms with Gasteiger partial charge in [0.1, 0.15) is 17.2 Å². The van der Waals surface area contributed by atoms with Gasteiger partial charge in [0.2, 0.25) is 5.78 Å². The maximum Gasteiger partial charge on any atom is 0.318 e. The highest BCUT2D eigenvalue weighted by Gasteiger charge is 2.30. The third-order valence-corrected chi connectivity index (χ3v) is 6.48. The molecular formula is C26H27N5O5. The molecule has 10 heteroatoms. The van der Waals surface area contributed by atoms with E-state index in [0.717, 1.165) is 24.0 Å². The van der Waals surface area contributed by atoms with Crippen LogP contribution in [0.15, 0.2) is 42.2 Å². The number of nitrogens with zero attached hydrogens (tertiary/aromatic N) is 2. The van der Waals surface area contributed by atoms with Gasteiger partial charge in [0.25, 0.3) is 5.91 Å². The van der Waals surface area contributed by atoms with E-state index in [1.165, 1.54) is 7.05 Å². The number of urea groups is 1. The third kappa shape index (κ3) is 4.27. The molecule has 1 aromatic heterocycles. The summed E-state index contributed by atoms with van der Waals surface area (Å²) in [5.41, 5.74) is 2.51. The molecule has 0 radical (unpaired) electrons. The normalized spacial score (nSPS) is 16.7. The number of carbonyl (C=O) groups excluding carboxylic acids is 3. The van der Waals surface area contributed by atoms with E-state index in [9.17, 15) is 14.4 Å². The minimum absolute atomic E-state index is 0.0956. The van der Waals surface area contributed by atoms with Crippen molar-refractivity contribution in [3.8, 4) is 11.5 Å². The van der Waals surface area contributed by atoms with Crippen LogP contribution in [0.1, 0.15) is 26.4 Å². The van der Waals surface area contributed by atoms with E-state index in [-0.39, 0.29) is 17.4 Å². The Labute approximate surface area is 207 Å². The molecule has 2 aromatic carbocycles. The molecule has 0 unspecified atom stereocenters. The van der Waals surface area contributed by atoms with Crippen LogP contribution in [0.2, 0.25) is 0 Å². The fourth-order valence-electron chi connectivity index (χ4n) is 4.40. The van der Waals surface area contributed by atoms with E-state index < -0.39 is 6.03 Å². The number of Topliss-reactive ketones (excluding diaryl/α,β-unsaturated/α-hetero) is 1. The first-order valence-corrected chi connectivity index (χ1v) is 11.6. The molecule has 2 aliphatic rings. The van der Waals surface area contributed by atoms with Crippen LogP contribution in [0.3, 0.4) is 0 Å². The summed E-state index contributed by atoms with van der Waals surface area (Å²) in [7, 11) is 5.12. The van der Waals surface area contributed by atoms with Gasteiger partial charge in [-0.3, -0.25) is 9.59 Å². The van der Waals surface area contributed by atoms with Gasteiger partial charge in [-0.2, -0.15) is 0 Å². The van der Waals surface area contributed by atoms with Crippen molar-refractivity contribution in [1.29, 1.82) is 0 Å². The van der Waals surface area contributed by atoms with Crippen LogP contribution in [0, 0.1) is 0 Å². The molecule has 2 aliphatic heterocycles. The van der Waals surface area contributed by atoms with Crippen LogP contribution in [0.25, 0.3) is 17.0 Å². The number of anilines is 1. The monoisotopic (exact) mass is 489 g/mol. The van der Waals surface area contributed by atoms with Crippen molar-refractivity contribution in [2.24, 2.45) is 0 Å². The minimum Gasteiger partial charge on any atom is -0.497 e. The predicted molar refractivity (Wildman–Crippen MR) is 136 cm³/mol. The Morgan fingerprint density at radius 3 is 2.61 bits per heavy atom. The topological polar surface area (TPSA) is 116 Å². The van der Waals surface area contributed by atoms with Crippen LogP contribution in [-0.2, 0) is 0 Å². The molecule has 0 aliphatic carbocycles. The average molecular weight is 490 g/mol. The van der Waals surface area contributed by atoms with Gasteiger partial charge < -0.3 is 34.9 Å². The lowest BCUT2D eigenvalue weighted by atomic mass is 10.1. The number of ketones is 1. The number of likely N-dealkylation sites (N-methyl/N-ethyl adjacent to an activating group) is 1. The Kier molecular flexibility index (Phi) is 6.11. The van der Waals surface area contributed by atoms with Crippen LogP contribution < -0.4 is 20.1 Å². The molecule has 0 spiro atoms. The largest absolute Gasteiger partial charge is 0.497 e. The molecule has 0 saturated carbocycles. The molecule has 1 saturated heterocycles. The van der Waals surface area contributed by atoms with Gasteiger partial charge >= 0.3 is 6.03 Å². The quantitative estimate of drug-likeness (QED) is 0.486. The average Bonchev–Trinajstić information content (AvgIpc) is 3.41. The van der Waals surface area contributed by atoms with Crippen molar-refractivity contribution in [2.45, 2.75) is 0 Å². The second-order valence-corrected chi connectivity index (χ2v) is 8.78. The number of hydrogen-bond acceptors (Lipinski definition) is 6. The number of aromatic nitrogens is 1. The summed E-state index contributed by atoms with van der Waals surface area (Å²) in [5.74, 6) is 0.647. The van der Waals surface area contributed by atoms with Gasteiger partial charge in [0, 0.05) is 55.4 Å². The number of H-pyrrole nitrogens is 1. The van der Waals surface area contributed by atoms with Crippen LogP contribution in [-0.4, -0.2) is 79.9 Å². The molecule has 186 valence electrons. The molecule has 3 heterocycles. The Balaban J connectivity index is 1.54. The summed E-state index contributed by atoms with van der Waals surface area (Å²) in [4.78, 5) is 45.7. The Bertz CT molecular complexity index is 1400. The number of methoxy groups -OCH3 is 1. The Morgan fingerprint density at radius 1 is 1.11 bits per heavy atom. The van der Waals surface area contributed by atoms with Crippen molar-refractivity contribution >= 4 is 40.4 Å². The molecule has 5 rings (SSSR count). The van der Waals surface area contributed by atoms with Crippen LogP contribution in [0.5, 0.6) is 11.5 Å². The lowest BCUT2D eigenvalue weighted by Gasteiger charge is -2.32. The zero-order chi connectivity index (χ0) is 25.4. The number of ether oxygens (including phenoxy) is 2. The van der Waals surface area contributed by atoms with Gasteiger partial charge in [0.15, 0.2) is 5.76 Å². The first kappa shape index (κ1) is 23.4. The molecule has 1 fully saturated rings. The van der Waals surface area contributed by atoms with E-state index >= 15 is 0 Å². The fourth-order valence-corrected chi connectivity index (χ4v) is 4.40. The van der Waals surface area contributed by atoms with Gasteiger partial charge in [-0.25, -0.2) is 4.79 Å². The summed E-state index contributed by atoms with van der Waals surface area (Å²) < 4.78 is 11.3. The second kappa shape index (κ2) is 9.38. The zero-order valence-electron chi connectivity index (χ0n) is 20.3. The van der Waals surface area contributed by atoms with Crippen molar-refractivity contribution in [3.63, 3.8) is 0 Å². The maximum atomic E-state index is 13.5. The first-order chi connectivity index (χ1) is 17.4. The minimum atomic E-state index is -0.392. The second-order valence-electron chi connectivity index (χ2n) is 8.78. The highest BCUT2D eigenvalue weighted by Crippen LogP contribution is 2.36. The highest BCUT2D eigenvalue weighted by molar-refractivity contribution is 6.17. The molecule has 3 aromatic rings. The molecule has 3 N–H and O–H groups in total. The molecule has 3 amide bonds. The van der Waals surface area contributed by atoms with Crippen molar-refractivity contribution in [2.75, 3.05) is 52.7 Å². The number of rotatable bonds is 4. The molecular weight excluding hydrogens is 462 g/mol. The molecule has 0 bridgehead atoms. The summed E-state index contributed by atoms with van der Waals surface area (Å²) in [5, 5.41) is 5.87. The molecule has 10 nitrogen and oxygen atoms in total. The zero-order valence-corrected chi connectivity index (χ0v) is 20.3. The summed E-state index contributed by atoms with van der Waals surface area (Å²) in [6.07, 6.45) is 1.61. The summed E-state index contributed by atoms with van der Waals surface area (Å²) >= 11 is 0. The molecule has 0 atom stereocenters. The van der Waals surface area contributed by atoms with Gasteiger partial charge in [-0.1, -0.05) is 0 Å². The number of amides is 3. The summed E-state index contributed by atoms with van der Waals surface area (Å²) in [6, 6.07) is 9.96. The highest BCUT2D eigenvalue weighted by atomic mass is 16.5. The number of piperazine rings is 1. The van der Waals surface area contributed by atoms with E-state index in [0.29, 0.717) is 47.1 Å². The van der Waals surface area contributed by atoms with E-state index in [2.05, 4.69) is 20.5 Å². The standard InChI is InChI=1S/C26H27N5O5/c1-27-26(34)28-15-4-7-21-19(12-15)24(32)22(36-21)14-18-17-13-16(35-3)5-6-20(17)29-23(18)25(33)31-10-8-30(2)9-11-31/h4-7,12-14,29H,8-11H2,1-3H3,(H2,27,28,34).